The van der Waals surface area contributed by atoms with Gasteiger partial charge in [0.15, 0.2) is 4.34 Å². The van der Waals surface area contributed by atoms with Crippen LogP contribution in [0.2, 0.25) is 0 Å². The Morgan fingerprint density at radius 1 is 1.04 bits per heavy atom. The van der Waals surface area contributed by atoms with Crippen LogP contribution in [-0.4, -0.2) is 33.6 Å². The normalized spacial score (nSPS) is 12.5. The van der Waals surface area contributed by atoms with Crippen LogP contribution in [0.1, 0.15) is 18.0 Å². The van der Waals surface area contributed by atoms with Crippen LogP contribution in [0.3, 0.4) is 0 Å². The lowest BCUT2D eigenvalue weighted by Gasteiger charge is -2.22. The maximum absolute atomic E-state index is 12.6. The van der Waals surface area contributed by atoms with Gasteiger partial charge in [0.25, 0.3) is 0 Å². The third-order valence-corrected chi connectivity index (χ3v) is 7.61. The second kappa shape index (κ2) is 7.34. The maximum atomic E-state index is 12.6. The van der Waals surface area contributed by atoms with Crippen LogP contribution in [-0.2, 0) is 4.79 Å². The largest absolute Gasteiger partial charge is 0.336 e. The molecule has 2 aromatic heterocycles. The molecule has 0 spiro atoms. The fourth-order valence-corrected chi connectivity index (χ4v) is 5.64. The minimum Gasteiger partial charge on any atom is -0.336 e. The molecule has 7 heteroatoms. The van der Waals surface area contributed by atoms with Crippen molar-refractivity contribution >= 4 is 60.8 Å². The number of hydrogen-bond donors (Lipinski definition) is 0. The van der Waals surface area contributed by atoms with Gasteiger partial charge in [-0.1, -0.05) is 36.0 Å². The van der Waals surface area contributed by atoms with Crippen LogP contribution in [0, 0.1) is 0 Å². The van der Waals surface area contributed by atoms with E-state index in [0.717, 1.165) is 29.8 Å². The van der Waals surface area contributed by atoms with Gasteiger partial charge in [-0.05, 0) is 31.2 Å². The van der Waals surface area contributed by atoms with Crippen molar-refractivity contribution < 1.29 is 4.79 Å². The van der Waals surface area contributed by atoms with E-state index in [2.05, 4.69) is 22.1 Å². The Morgan fingerprint density at radius 3 is 2.31 bits per heavy atom. The quantitative estimate of drug-likeness (QED) is 0.432. The molecule has 0 saturated heterocycles. The fraction of sp³-hybridized carbons (Fsp3) is 0.211. The zero-order chi connectivity index (χ0) is 18.1. The molecule has 4 nitrogen and oxygen atoms in total. The zero-order valence-corrected chi connectivity index (χ0v) is 16.8. The molecular formula is C19H17N3OS3. The van der Waals surface area contributed by atoms with Gasteiger partial charge in [-0.15, -0.1) is 22.7 Å². The second-order valence-corrected chi connectivity index (χ2v) is 9.25. The van der Waals surface area contributed by atoms with Crippen molar-refractivity contribution in [3.8, 4) is 0 Å². The summed E-state index contributed by atoms with van der Waals surface area (Å²) in [4.78, 5) is 23.6. The van der Waals surface area contributed by atoms with E-state index in [9.17, 15) is 4.79 Å². The Morgan fingerprint density at radius 2 is 1.65 bits per heavy atom. The number of thiazole rings is 2. The molecule has 0 saturated carbocycles. The summed E-state index contributed by atoms with van der Waals surface area (Å²) in [6.07, 6.45) is 0. The third kappa shape index (κ3) is 3.47. The van der Waals surface area contributed by atoms with E-state index in [4.69, 9.17) is 0 Å². The smallest absolute Gasteiger partial charge is 0.233 e. The summed E-state index contributed by atoms with van der Waals surface area (Å²) in [5, 5.41) is 0.965. The highest BCUT2D eigenvalue weighted by molar-refractivity contribution is 8.01. The van der Waals surface area contributed by atoms with E-state index in [1.165, 1.54) is 11.8 Å². The Bertz CT molecular complexity index is 1010. The molecule has 0 aliphatic heterocycles. The van der Waals surface area contributed by atoms with Crippen molar-refractivity contribution in [1.29, 1.82) is 0 Å². The third-order valence-electron chi connectivity index (χ3n) is 4.24. The van der Waals surface area contributed by atoms with Crippen molar-refractivity contribution in [2.75, 3.05) is 12.8 Å². The topological polar surface area (TPSA) is 46.1 Å². The van der Waals surface area contributed by atoms with Crippen LogP contribution < -0.4 is 0 Å². The van der Waals surface area contributed by atoms with Crippen LogP contribution >= 0.6 is 34.4 Å². The Balaban J connectivity index is 1.43. The number of thioether (sulfide) groups is 1. The molecule has 0 N–H and O–H groups in total. The minimum atomic E-state index is -0.0455. The van der Waals surface area contributed by atoms with Gasteiger partial charge >= 0.3 is 0 Å². The Kier molecular flexibility index (Phi) is 4.93. The van der Waals surface area contributed by atoms with Crippen LogP contribution in [0.25, 0.3) is 20.4 Å². The number of benzene rings is 2. The molecule has 2 aromatic carbocycles. The molecule has 2 heterocycles. The van der Waals surface area contributed by atoms with Crippen LogP contribution in [0.15, 0.2) is 52.9 Å². The Labute approximate surface area is 163 Å². The zero-order valence-electron chi connectivity index (χ0n) is 14.4. The first kappa shape index (κ1) is 17.5. The fourth-order valence-electron chi connectivity index (χ4n) is 2.59. The number of amides is 1. The number of carbonyl (C=O) groups is 1. The number of fused-ring (bicyclic) bond motifs is 2. The van der Waals surface area contributed by atoms with Gasteiger partial charge in [-0.3, -0.25) is 4.79 Å². The second-order valence-electron chi connectivity index (χ2n) is 5.94. The molecule has 132 valence electrons. The summed E-state index contributed by atoms with van der Waals surface area (Å²) in [5.74, 6) is 0.465. The number of carbonyl (C=O) groups excluding carboxylic acids is 1. The molecule has 0 aliphatic carbocycles. The van der Waals surface area contributed by atoms with Crippen molar-refractivity contribution in [2.24, 2.45) is 0 Å². The number of para-hydroxylation sites is 2. The van der Waals surface area contributed by atoms with Crippen molar-refractivity contribution in [3.05, 3.63) is 53.5 Å². The summed E-state index contributed by atoms with van der Waals surface area (Å²) in [6.45, 7) is 2.03. The van der Waals surface area contributed by atoms with E-state index in [1.807, 2.05) is 50.4 Å². The highest BCUT2D eigenvalue weighted by Gasteiger charge is 2.21. The number of rotatable bonds is 5. The number of nitrogens with zero attached hydrogens (tertiary/aromatic N) is 3. The molecule has 26 heavy (non-hydrogen) atoms. The predicted molar refractivity (Wildman–Crippen MR) is 111 cm³/mol. The van der Waals surface area contributed by atoms with Crippen molar-refractivity contribution in [2.45, 2.75) is 17.3 Å². The van der Waals surface area contributed by atoms with Crippen molar-refractivity contribution in [1.82, 2.24) is 14.9 Å². The minimum absolute atomic E-state index is 0.0455. The van der Waals surface area contributed by atoms with Crippen molar-refractivity contribution in [3.63, 3.8) is 0 Å². The molecule has 0 aliphatic rings. The SMILES string of the molecule is C[C@@H](c1nc2ccccc2s1)N(C)C(=O)CSc1nc2ccccc2s1. The van der Waals surface area contributed by atoms with Gasteiger partial charge in [0.1, 0.15) is 5.01 Å². The summed E-state index contributed by atoms with van der Waals surface area (Å²) >= 11 is 4.78. The lowest BCUT2D eigenvalue weighted by atomic mass is 10.3. The van der Waals surface area contributed by atoms with Gasteiger partial charge in [0.2, 0.25) is 5.91 Å². The van der Waals surface area contributed by atoms with Gasteiger partial charge in [-0.25, -0.2) is 9.97 Å². The van der Waals surface area contributed by atoms with Gasteiger partial charge in [0, 0.05) is 7.05 Å². The van der Waals surface area contributed by atoms with Gasteiger partial charge < -0.3 is 4.90 Å². The molecule has 1 amide bonds. The highest BCUT2D eigenvalue weighted by atomic mass is 32.2. The Hall–Kier alpha value is -1.96. The van der Waals surface area contributed by atoms with Crippen LogP contribution in [0.4, 0.5) is 0 Å². The number of aromatic nitrogens is 2. The molecule has 4 aromatic rings. The average molecular weight is 400 g/mol. The van der Waals surface area contributed by atoms with E-state index >= 15 is 0 Å². The highest BCUT2D eigenvalue weighted by Crippen LogP contribution is 2.31. The van der Waals surface area contributed by atoms with Crippen LogP contribution in [0.5, 0.6) is 0 Å². The predicted octanol–water partition coefficient (Wildman–Crippen LogP) is 5.22. The van der Waals surface area contributed by atoms with E-state index in [0.29, 0.717) is 5.75 Å². The lowest BCUT2D eigenvalue weighted by Crippen LogP contribution is -2.31. The summed E-state index contributed by atoms with van der Waals surface area (Å²) in [6, 6.07) is 16.1. The monoisotopic (exact) mass is 399 g/mol. The lowest BCUT2D eigenvalue weighted by molar-refractivity contribution is -0.128. The first-order valence-corrected chi connectivity index (χ1v) is 10.8. The van der Waals surface area contributed by atoms with Gasteiger partial charge in [-0.2, -0.15) is 0 Å². The van der Waals surface area contributed by atoms with E-state index in [-0.39, 0.29) is 11.9 Å². The summed E-state index contributed by atoms with van der Waals surface area (Å²) in [7, 11) is 1.85. The van der Waals surface area contributed by atoms with E-state index in [1.54, 1.807) is 27.6 Å². The standard InChI is InChI=1S/C19H17N3OS3/c1-12(18-20-13-7-3-5-9-15(13)25-18)22(2)17(23)11-24-19-21-14-8-4-6-10-16(14)26-19/h3-10,12H,11H2,1-2H3/t12-/m0/s1. The molecule has 4 rings (SSSR count). The molecule has 0 radical (unpaired) electrons. The van der Waals surface area contributed by atoms with E-state index < -0.39 is 0 Å². The average Bonchev–Trinajstić information content (AvgIpc) is 3.28. The molecular weight excluding hydrogens is 382 g/mol. The van der Waals surface area contributed by atoms with Gasteiger partial charge in [0.05, 0.1) is 32.2 Å². The summed E-state index contributed by atoms with van der Waals surface area (Å²) in [5.41, 5.74) is 1.98. The molecule has 0 unspecified atom stereocenters. The molecule has 0 fully saturated rings. The summed E-state index contributed by atoms with van der Waals surface area (Å²) < 4.78 is 3.23. The number of hydrogen-bond acceptors (Lipinski definition) is 6. The maximum Gasteiger partial charge on any atom is 0.233 e. The first-order valence-electron chi connectivity index (χ1n) is 8.21. The molecule has 1 atom stereocenters. The molecule has 0 bridgehead atoms. The first-order chi connectivity index (χ1) is 12.6.